The zero-order valence-corrected chi connectivity index (χ0v) is 21.1. The van der Waals surface area contributed by atoms with Crippen molar-refractivity contribution in [3.63, 3.8) is 0 Å². The molecule has 0 spiro atoms. The number of nitrogens with two attached hydrogens (primary N) is 1. The van der Waals surface area contributed by atoms with Crippen LogP contribution in [0.15, 0.2) is 48.7 Å². The number of fused-ring (bicyclic) bond motifs is 3. The van der Waals surface area contributed by atoms with Crippen molar-refractivity contribution < 1.29 is 38.5 Å². The van der Waals surface area contributed by atoms with Gasteiger partial charge in [-0.15, -0.1) is 0 Å². The minimum absolute atomic E-state index is 0.0168. The molecule has 36 heavy (non-hydrogen) atoms. The van der Waals surface area contributed by atoms with Gasteiger partial charge in [0.2, 0.25) is 0 Å². The summed E-state index contributed by atoms with van der Waals surface area (Å²) in [5, 5.41) is 7.83. The standard InChI is InChI=1S/C23H25N3O8P2/c1-13-9-17(34-2)7-5-15(13)4-3-14-10-19-18-8-6-16(23(27,35(28,29)30)36(31,32)33)11-20(18)26-22(24)21(19)25-12-14/h5-12,27H,3-4H2,1-2H3,(H2,24,26)(H2,28,29,30)(H2,31,32,33). The van der Waals surface area contributed by atoms with Gasteiger partial charge in [-0.05, 0) is 60.7 Å². The van der Waals surface area contributed by atoms with E-state index in [0.29, 0.717) is 22.7 Å². The highest BCUT2D eigenvalue weighted by Crippen LogP contribution is 2.72. The molecule has 0 saturated heterocycles. The molecule has 190 valence electrons. The number of benzene rings is 2. The largest absolute Gasteiger partial charge is 0.497 e. The number of anilines is 1. The molecule has 11 nitrogen and oxygen atoms in total. The fourth-order valence-corrected chi connectivity index (χ4v) is 6.47. The third-order valence-electron chi connectivity index (χ3n) is 6.15. The Kier molecular flexibility index (Phi) is 6.70. The molecule has 13 heteroatoms. The van der Waals surface area contributed by atoms with E-state index >= 15 is 0 Å². The number of ether oxygens (including phenoxy) is 1. The Labute approximate surface area is 205 Å². The van der Waals surface area contributed by atoms with Gasteiger partial charge in [0.15, 0.2) is 5.82 Å². The molecule has 0 amide bonds. The summed E-state index contributed by atoms with van der Waals surface area (Å²) in [7, 11) is -9.81. The van der Waals surface area contributed by atoms with Gasteiger partial charge in [0.25, 0.3) is 5.08 Å². The molecule has 4 aromatic rings. The first-order valence-corrected chi connectivity index (χ1v) is 13.9. The van der Waals surface area contributed by atoms with Crippen LogP contribution < -0.4 is 10.5 Å². The van der Waals surface area contributed by atoms with Crippen LogP contribution in [0.4, 0.5) is 5.82 Å². The molecule has 2 aromatic carbocycles. The molecule has 0 radical (unpaired) electrons. The highest BCUT2D eigenvalue weighted by molar-refractivity contribution is 7.71. The highest BCUT2D eigenvalue weighted by Gasteiger charge is 2.60. The second-order valence-electron chi connectivity index (χ2n) is 8.48. The van der Waals surface area contributed by atoms with Crippen LogP contribution in [0.3, 0.4) is 0 Å². The van der Waals surface area contributed by atoms with Crippen molar-refractivity contribution in [1.82, 2.24) is 9.97 Å². The Balaban J connectivity index is 1.78. The molecule has 0 aliphatic heterocycles. The fraction of sp³-hybridized carbons (Fsp3) is 0.217. The van der Waals surface area contributed by atoms with Gasteiger partial charge < -0.3 is 35.2 Å². The topological polar surface area (TPSA) is 196 Å². The summed E-state index contributed by atoms with van der Waals surface area (Å²) in [6.45, 7) is 2.00. The van der Waals surface area contributed by atoms with Crippen molar-refractivity contribution in [3.8, 4) is 5.75 Å². The third kappa shape index (κ3) is 4.51. The van der Waals surface area contributed by atoms with E-state index in [0.717, 1.165) is 41.0 Å². The van der Waals surface area contributed by atoms with Gasteiger partial charge in [-0.25, -0.2) is 4.98 Å². The van der Waals surface area contributed by atoms with E-state index in [-0.39, 0.29) is 11.3 Å². The number of nitrogens with zero attached hydrogens (tertiary/aromatic N) is 2. The molecule has 0 aliphatic carbocycles. The first kappa shape index (κ1) is 26.2. The molecule has 0 saturated carbocycles. The number of hydrogen-bond acceptors (Lipinski definition) is 7. The van der Waals surface area contributed by atoms with E-state index in [9.17, 15) is 33.8 Å². The molecule has 0 unspecified atom stereocenters. The lowest BCUT2D eigenvalue weighted by atomic mass is 9.99. The quantitative estimate of drug-likeness (QED) is 0.151. The Morgan fingerprint density at radius 1 is 0.972 bits per heavy atom. The zero-order chi connectivity index (χ0) is 26.5. The molecular formula is C23H25N3O8P2. The summed E-state index contributed by atoms with van der Waals surface area (Å²) >= 11 is 0. The third-order valence-corrected chi connectivity index (χ3v) is 9.85. The molecule has 2 heterocycles. The van der Waals surface area contributed by atoms with Crippen molar-refractivity contribution >= 4 is 42.8 Å². The number of rotatable bonds is 7. The van der Waals surface area contributed by atoms with E-state index in [1.807, 2.05) is 31.2 Å². The molecule has 0 aliphatic rings. The summed E-state index contributed by atoms with van der Waals surface area (Å²) in [6.07, 6.45) is 3.09. The predicted octanol–water partition coefficient (Wildman–Crippen LogP) is 2.93. The van der Waals surface area contributed by atoms with Crippen LogP contribution in [0.1, 0.15) is 22.3 Å². The lowest BCUT2D eigenvalue weighted by Gasteiger charge is -2.29. The molecule has 0 fully saturated rings. The highest BCUT2D eigenvalue weighted by atomic mass is 31.2. The van der Waals surface area contributed by atoms with Crippen molar-refractivity contribution in [3.05, 3.63) is 70.9 Å². The zero-order valence-electron chi connectivity index (χ0n) is 19.4. The van der Waals surface area contributed by atoms with Crippen LogP contribution >= 0.6 is 15.2 Å². The van der Waals surface area contributed by atoms with Gasteiger partial charge in [0.1, 0.15) is 11.3 Å². The van der Waals surface area contributed by atoms with Gasteiger partial charge in [0, 0.05) is 22.5 Å². The first-order valence-electron chi connectivity index (χ1n) is 10.7. The number of aliphatic hydroxyl groups is 1. The summed E-state index contributed by atoms with van der Waals surface area (Å²) < 4.78 is 29.0. The molecule has 0 atom stereocenters. The van der Waals surface area contributed by atoms with Crippen LogP contribution in [-0.2, 0) is 27.1 Å². The summed E-state index contributed by atoms with van der Waals surface area (Å²) in [4.78, 5) is 46.9. The van der Waals surface area contributed by atoms with E-state index < -0.39 is 25.8 Å². The first-order chi connectivity index (χ1) is 16.8. The number of methoxy groups -OCH3 is 1. The number of nitrogen functional groups attached to an aromatic ring is 1. The van der Waals surface area contributed by atoms with E-state index in [1.54, 1.807) is 13.3 Å². The van der Waals surface area contributed by atoms with Crippen molar-refractivity contribution in [2.24, 2.45) is 0 Å². The van der Waals surface area contributed by atoms with Crippen LogP contribution in [0.2, 0.25) is 0 Å². The van der Waals surface area contributed by atoms with Gasteiger partial charge >= 0.3 is 15.2 Å². The van der Waals surface area contributed by atoms with Crippen molar-refractivity contribution in [1.29, 1.82) is 0 Å². The van der Waals surface area contributed by atoms with Gasteiger partial charge in [0.05, 0.1) is 12.6 Å². The van der Waals surface area contributed by atoms with Gasteiger partial charge in [-0.2, -0.15) is 0 Å². The Morgan fingerprint density at radius 3 is 2.28 bits per heavy atom. The molecule has 4 rings (SSSR count). The maximum Gasteiger partial charge on any atom is 0.374 e. The van der Waals surface area contributed by atoms with Gasteiger partial charge in [-0.1, -0.05) is 18.2 Å². The SMILES string of the molecule is COc1ccc(CCc2cnc3c(N)nc4cc(C(O)(P(=O)(O)O)P(=O)(O)O)ccc4c3c2)c(C)c1. The summed E-state index contributed by atoms with van der Waals surface area (Å²) in [6, 6.07) is 11.2. The average Bonchev–Trinajstić information content (AvgIpc) is 2.80. The molecular weight excluding hydrogens is 508 g/mol. The number of pyridine rings is 2. The Hall–Kier alpha value is -2.88. The molecule has 2 aromatic heterocycles. The Morgan fingerprint density at radius 2 is 1.67 bits per heavy atom. The van der Waals surface area contributed by atoms with Crippen LogP contribution in [0, 0.1) is 6.92 Å². The lowest BCUT2D eigenvalue weighted by Crippen LogP contribution is -2.25. The summed E-state index contributed by atoms with van der Waals surface area (Å²) in [5.41, 5.74) is 9.01. The number of hydrogen-bond donors (Lipinski definition) is 6. The maximum atomic E-state index is 11.9. The normalized spacial score (nSPS) is 12.9. The smallest absolute Gasteiger partial charge is 0.374 e. The Bertz CT molecular complexity index is 1560. The minimum atomic E-state index is -5.71. The minimum Gasteiger partial charge on any atom is -0.497 e. The second-order valence-corrected chi connectivity index (χ2v) is 12.3. The van der Waals surface area contributed by atoms with Crippen LogP contribution in [-0.4, -0.2) is 41.8 Å². The number of aryl methyl sites for hydroxylation is 3. The molecule has 0 bridgehead atoms. The van der Waals surface area contributed by atoms with E-state index in [1.165, 1.54) is 6.07 Å². The maximum absolute atomic E-state index is 11.9. The van der Waals surface area contributed by atoms with Gasteiger partial charge in [-0.3, -0.25) is 14.1 Å². The van der Waals surface area contributed by atoms with E-state index in [2.05, 4.69) is 9.97 Å². The molecule has 7 N–H and O–H groups in total. The van der Waals surface area contributed by atoms with Crippen LogP contribution in [0.5, 0.6) is 5.75 Å². The second kappa shape index (κ2) is 9.21. The summed E-state index contributed by atoms with van der Waals surface area (Å²) in [5.74, 6) is 0.796. The predicted molar refractivity (Wildman–Crippen MR) is 135 cm³/mol. The fourth-order valence-electron chi connectivity index (χ4n) is 4.16. The van der Waals surface area contributed by atoms with Crippen LogP contribution in [0.25, 0.3) is 21.8 Å². The monoisotopic (exact) mass is 533 g/mol. The van der Waals surface area contributed by atoms with E-state index in [4.69, 9.17) is 10.5 Å². The van der Waals surface area contributed by atoms with Crippen molar-refractivity contribution in [2.45, 2.75) is 24.8 Å². The lowest BCUT2D eigenvalue weighted by molar-refractivity contribution is 0.131. The average molecular weight is 533 g/mol. The number of aromatic nitrogens is 2. The van der Waals surface area contributed by atoms with Crippen molar-refractivity contribution in [2.75, 3.05) is 12.8 Å².